The molecule has 8 heteroatoms. The lowest BCUT2D eigenvalue weighted by Gasteiger charge is -2.38. The lowest BCUT2D eigenvalue weighted by molar-refractivity contribution is -0.144. The molecule has 0 heterocycles. The highest BCUT2D eigenvalue weighted by molar-refractivity contribution is 6.00. The van der Waals surface area contributed by atoms with E-state index in [2.05, 4.69) is 10.6 Å². The van der Waals surface area contributed by atoms with Crippen LogP contribution in [0.3, 0.4) is 0 Å². The molecule has 2 aromatic rings. The van der Waals surface area contributed by atoms with E-state index >= 15 is 0 Å². The quantitative estimate of drug-likeness (QED) is 0.448. The van der Waals surface area contributed by atoms with Gasteiger partial charge in [0.2, 0.25) is 5.91 Å². The zero-order valence-corrected chi connectivity index (χ0v) is 23.2. The summed E-state index contributed by atoms with van der Waals surface area (Å²) in [5.74, 6) is -0.957. The number of hydrogen-bond acceptors (Lipinski definition) is 5. The van der Waals surface area contributed by atoms with E-state index in [1.54, 1.807) is 20.8 Å². The van der Waals surface area contributed by atoms with Crippen LogP contribution in [-0.2, 0) is 14.3 Å². The lowest BCUT2D eigenvalue weighted by Crippen LogP contribution is -2.56. The number of nitrogens with zero attached hydrogens (tertiary/aromatic N) is 1. The van der Waals surface area contributed by atoms with E-state index in [-0.39, 0.29) is 11.9 Å². The van der Waals surface area contributed by atoms with Gasteiger partial charge >= 0.3 is 6.09 Å². The Balaban J connectivity index is 2.56. The van der Waals surface area contributed by atoms with Gasteiger partial charge < -0.3 is 25.4 Å². The third-order valence-corrected chi connectivity index (χ3v) is 6.23. The normalized spacial score (nSPS) is 13.8. The molecule has 0 bridgehead atoms. The highest BCUT2D eigenvalue weighted by Crippen LogP contribution is 2.30. The molecular weight excluding hydrogens is 470 g/mol. The van der Waals surface area contributed by atoms with Crippen molar-refractivity contribution in [2.45, 2.75) is 85.5 Å². The predicted octanol–water partition coefficient (Wildman–Crippen LogP) is 4.80. The first-order chi connectivity index (χ1) is 17.3. The molecule has 202 valence electrons. The van der Waals surface area contributed by atoms with Gasteiger partial charge in [-0.1, -0.05) is 49.4 Å². The number of nitrogens with one attached hydrogen (secondary N) is 2. The number of para-hydroxylation sites is 1. The average molecular weight is 512 g/mol. The minimum absolute atomic E-state index is 0.379. The highest BCUT2D eigenvalue weighted by Gasteiger charge is 2.39. The molecule has 0 saturated heterocycles. The second-order valence-corrected chi connectivity index (χ2v) is 10.4. The number of amides is 3. The Kier molecular flexibility index (Phi) is 10.3. The Morgan fingerprint density at radius 1 is 0.973 bits per heavy atom. The summed E-state index contributed by atoms with van der Waals surface area (Å²) in [5, 5.41) is 15.6. The van der Waals surface area contributed by atoms with Crippen molar-refractivity contribution in [1.82, 2.24) is 10.2 Å². The molecule has 3 amide bonds. The van der Waals surface area contributed by atoms with E-state index in [0.29, 0.717) is 17.7 Å². The summed E-state index contributed by atoms with van der Waals surface area (Å²) >= 11 is 0. The van der Waals surface area contributed by atoms with Gasteiger partial charge in [0, 0.05) is 11.7 Å². The SMILES string of the molecule is CCC(C)N(C(=O)C(CO)NC(=O)OC(C)(C)C)C(C(=O)Nc1c(C)cccc1C)c1ccccc1C. The number of aliphatic hydroxyl groups is 1. The van der Waals surface area contributed by atoms with Crippen LogP contribution in [0.5, 0.6) is 0 Å². The third-order valence-electron chi connectivity index (χ3n) is 6.23. The number of aliphatic hydroxyl groups excluding tert-OH is 1. The van der Waals surface area contributed by atoms with Crippen molar-refractivity contribution >= 4 is 23.6 Å². The fourth-order valence-corrected chi connectivity index (χ4v) is 4.13. The molecule has 0 aromatic heterocycles. The van der Waals surface area contributed by atoms with E-state index in [1.165, 1.54) is 4.90 Å². The van der Waals surface area contributed by atoms with Gasteiger partial charge in [0.15, 0.2) is 0 Å². The van der Waals surface area contributed by atoms with Gasteiger partial charge in [-0.2, -0.15) is 0 Å². The molecule has 0 fully saturated rings. The van der Waals surface area contributed by atoms with E-state index in [0.717, 1.165) is 16.7 Å². The molecule has 0 aliphatic carbocycles. The molecular formula is C29H41N3O5. The number of aryl methyl sites for hydroxylation is 3. The first-order valence-electron chi connectivity index (χ1n) is 12.7. The van der Waals surface area contributed by atoms with E-state index in [4.69, 9.17) is 4.74 Å². The van der Waals surface area contributed by atoms with Gasteiger partial charge in [-0.15, -0.1) is 0 Å². The molecule has 0 aliphatic heterocycles. The van der Waals surface area contributed by atoms with E-state index in [1.807, 2.05) is 77.1 Å². The number of carbonyl (C=O) groups is 3. The Morgan fingerprint density at radius 2 is 1.54 bits per heavy atom. The second kappa shape index (κ2) is 12.7. The van der Waals surface area contributed by atoms with Gasteiger partial charge in [0.05, 0.1) is 6.61 Å². The van der Waals surface area contributed by atoms with E-state index < -0.39 is 36.3 Å². The Labute approximate surface area is 220 Å². The van der Waals surface area contributed by atoms with Crippen molar-refractivity contribution in [3.05, 3.63) is 64.7 Å². The number of alkyl carbamates (subject to hydrolysis) is 1. The van der Waals surface area contributed by atoms with Crippen LogP contribution in [-0.4, -0.2) is 52.2 Å². The number of carbonyl (C=O) groups excluding carboxylic acids is 3. The molecule has 0 aliphatic rings. The highest BCUT2D eigenvalue weighted by atomic mass is 16.6. The summed E-state index contributed by atoms with van der Waals surface area (Å²) in [6.07, 6.45) is -0.272. The van der Waals surface area contributed by atoms with Crippen molar-refractivity contribution in [3.8, 4) is 0 Å². The largest absolute Gasteiger partial charge is 0.444 e. The summed E-state index contributed by atoms with van der Waals surface area (Å²) < 4.78 is 5.29. The molecule has 3 atom stereocenters. The van der Waals surface area contributed by atoms with Crippen LogP contribution in [0.2, 0.25) is 0 Å². The van der Waals surface area contributed by atoms with Crippen molar-refractivity contribution < 1.29 is 24.2 Å². The first-order valence-corrected chi connectivity index (χ1v) is 12.7. The molecule has 0 spiro atoms. The van der Waals surface area contributed by atoms with Gasteiger partial charge in [0.1, 0.15) is 17.7 Å². The number of rotatable bonds is 9. The lowest BCUT2D eigenvalue weighted by atomic mass is 9.96. The molecule has 0 radical (unpaired) electrons. The van der Waals surface area contributed by atoms with Gasteiger partial charge in [-0.3, -0.25) is 9.59 Å². The number of benzene rings is 2. The molecule has 3 N–H and O–H groups in total. The van der Waals surface area contributed by atoms with Crippen LogP contribution in [0, 0.1) is 20.8 Å². The smallest absolute Gasteiger partial charge is 0.408 e. The van der Waals surface area contributed by atoms with Crippen molar-refractivity contribution in [2.75, 3.05) is 11.9 Å². The maximum Gasteiger partial charge on any atom is 0.408 e. The maximum absolute atomic E-state index is 14.0. The molecule has 3 unspecified atom stereocenters. The van der Waals surface area contributed by atoms with Crippen LogP contribution >= 0.6 is 0 Å². The van der Waals surface area contributed by atoms with Crippen LogP contribution in [0.4, 0.5) is 10.5 Å². The first kappa shape index (κ1) is 29.8. The fourth-order valence-electron chi connectivity index (χ4n) is 4.13. The maximum atomic E-state index is 14.0. The summed E-state index contributed by atoms with van der Waals surface area (Å²) in [4.78, 5) is 41.8. The summed E-state index contributed by atoms with van der Waals surface area (Å²) in [7, 11) is 0. The number of anilines is 1. The van der Waals surface area contributed by atoms with Crippen molar-refractivity contribution in [2.24, 2.45) is 0 Å². The average Bonchev–Trinajstić information content (AvgIpc) is 2.82. The van der Waals surface area contributed by atoms with Gasteiger partial charge in [0.25, 0.3) is 5.91 Å². The fraction of sp³-hybridized carbons (Fsp3) is 0.483. The van der Waals surface area contributed by atoms with Crippen molar-refractivity contribution in [1.29, 1.82) is 0 Å². The summed E-state index contributed by atoms with van der Waals surface area (Å²) in [6, 6.07) is 10.5. The van der Waals surface area contributed by atoms with Crippen LogP contribution in [0.1, 0.15) is 69.3 Å². The van der Waals surface area contributed by atoms with Gasteiger partial charge in [-0.25, -0.2) is 4.79 Å². The van der Waals surface area contributed by atoms with Crippen LogP contribution in [0.25, 0.3) is 0 Å². The summed E-state index contributed by atoms with van der Waals surface area (Å²) in [6.45, 7) is 13.9. The minimum atomic E-state index is -1.29. The van der Waals surface area contributed by atoms with Crippen LogP contribution < -0.4 is 10.6 Å². The third kappa shape index (κ3) is 7.79. The molecule has 8 nitrogen and oxygen atoms in total. The Bertz CT molecular complexity index is 1090. The number of hydrogen-bond donors (Lipinski definition) is 3. The molecule has 2 aromatic carbocycles. The van der Waals surface area contributed by atoms with Crippen molar-refractivity contribution in [3.63, 3.8) is 0 Å². The van der Waals surface area contributed by atoms with Gasteiger partial charge in [-0.05, 0) is 77.1 Å². The van der Waals surface area contributed by atoms with E-state index in [9.17, 15) is 19.5 Å². The Morgan fingerprint density at radius 3 is 2.05 bits per heavy atom. The Hall–Kier alpha value is -3.39. The summed E-state index contributed by atoms with van der Waals surface area (Å²) in [5.41, 5.74) is 3.21. The molecule has 0 saturated carbocycles. The zero-order chi connectivity index (χ0) is 27.9. The minimum Gasteiger partial charge on any atom is -0.444 e. The standard InChI is InChI=1S/C29H41N3O5/c1-9-21(5)32(27(35)23(17-33)30-28(36)37-29(6,7)8)25(22-16-11-10-13-18(22)2)26(34)31-24-19(3)14-12-15-20(24)4/h10-16,21,23,25,33H,9,17H2,1-8H3,(H,30,36)(H,31,34). The molecule has 2 rings (SSSR count). The zero-order valence-electron chi connectivity index (χ0n) is 23.2. The monoisotopic (exact) mass is 511 g/mol. The second-order valence-electron chi connectivity index (χ2n) is 10.4. The number of ether oxygens (including phenoxy) is 1. The predicted molar refractivity (Wildman–Crippen MR) is 145 cm³/mol. The van der Waals surface area contributed by atoms with Crippen LogP contribution in [0.15, 0.2) is 42.5 Å². The molecule has 37 heavy (non-hydrogen) atoms. The topological polar surface area (TPSA) is 108 Å².